The van der Waals surface area contributed by atoms with E-state index in [0.29, 0.717) is 34.1 Å². The number of aromatic nitrogens is 2. The summed E-state index contributed by atoms with van der Waals surface area (Å²) < 4.78 is 53.2. The van der Waals surface area contributed by atoms with Crippen LogP contribution in [-0.4, -0.2) is 70.9 Å². The van der Waals surface area contributed by atoms with Crippen LogP contribution < -0.4 is 20.7 Å². The Balaban J connectivity index is 1.28. The van der Waals surface area contributed by atoms with Gasteiger partial charge in [0.1, 0.15) is 41.0 Å². The normalized spacial score (nSPS) is 27.9. The minimum Gasteiger partial charge on any atom is -0.461 e. The monoisotopic (exact) mass is 633 g/mol. The van der Waals surface area contributed by atoms with Crippen molar-refractivity contribution in [3.63, 3.8) is 0 Å². The first-order valence-corrected chi connectivity index (χ1v) is 16.4. The van der Waals surface area contributed by atoms with Crippen molar-refractivity contribution in [3.05, 3.63) is 41.0 Å². The largest absolute Gasteiger partial charge is 0.461 e. The van der Waals surface area contributed by atoms with E-state index in [1.54, 1.807) is 6.92 Å². The molecule has 8 rings (SSSR count). The van der Waals surface area contributed by atoms with E-state index in [1.165, 1.54) is 12.1 Å². The van der Waals surface area contributed by atoms with Gasteiger partial charge in [-0.1, -0.05) is 6.07 Å². The molecule has 4 atom stereocenters. The quantitative estimate of drug-likeness (QED) is 0.283. The topological polar surface area (TPSA) is 103 Å². The molecule has 1 unspecified atom stereocenters. The third kappa shape index (κ3) is 4.23. The number of aryl methyl sites for hydroxylation is 1. The number of nitriles is 1. The first-order valence-electron chi connectivity index (χ1n) is 15.6. The summed E-state index contributed by atoms with van der Waals surface area (Å²) in [5, 5.41) is 14.5. The number of nitrogen functional groups attached to an aromatic ring is 1. The summed E-state index contributed by atoms with van der Waals surface area (Å²) in [5.41, 5.74) is 7.10. The van der Waals surface area contributed by atoms with E-state index in [9.17, 15) is 14.0 Å². The molecule has 6 heterocycles. The maximum absolute atomic E-state index is 17.0. The first-order chi connectivity index (χ1) is 21.6. The highest BCUT2D eigenvalue weighted by Crippen LogP contribution is 2.46. The van der Waals surface area contributed by atoms with E-state index in [4.69, 9.17) is 15.5 Å². The van der Waals surface area contributed by atoms with Crippen LogP contribution in [0.15, 0.2) is 18.2 Å². The maximum atomic E-state index is 17.0. The van der Waals surface area contributed by atoms with E-state index in [2.05, 4.69) is 26.2 Å². The van der Waals surface area contributed by atoms with Gasteiger partial charge in [-0.3, -0.25) is 4.90 Å². The summed E-state index contributed by atoms with van der Waals surface area (Å²) in [7, 11) is 0. The Bertz CT molecular complexity index is 1920. The zero-order valence-electron chi connectivity index (χ0n) is 25.2. The van der Waals surface area contributed by atoms with Crippen molar-refractivity contribution in [3.8, 4) is 23.2 Å². The molecule has 3 N–H and O–H groups in total. The molecule has 2 aromatic carbocycles. The van der Waals surface area contributed by atoms with Crippen LogP contribution in [0.1, 0.15) is 50.2 Å². The van der Waals surface area contributed by atoms with Crippen LogP contribution in [0.2, 0.25) is 0 Å². The molecule has 4 aromatic rings. The van der Waals surface area contributed by atoms with Gasteiger partial charge in [0, 0.05) is 47.4 Å². The van der Waals surface area contributed by atoms with Gasteiger partial charge in [-0.15, -0.1) is 11.3 Å². The summed E-state index contributed by atoms with van der Waals surface area (Å²) in [6.45, 7) is 7.21. The number of rotatable bonds is 5. The summed E-state index contributed by atoms with van der Waals surface area (Å²) >= 11 is 0.978. The van der Waals surface area contributed by atoms with Crippen molar-refractivity contribution in [2.24, 2.45) is 0 Å². The fourth-order valence-corrected chi connectivity index (χ4v) is 9.25. The number of nitrogens with zero attached hydrogens (tertiary/aromatic N) is 5. The molecule has 0 saturated carbocycles. The number of nitrogens with one attached hydrogen (secondary N) is 1. The Kier molecular flexibility index (Phi) is 6.51. The molecule has 0 aliphatic carbocycles. The van der Waals surface area contributed by atoms with Crippen LogP contribution in [-0.2, 0) is 0 Å². The van der Waals surface area contributed by atoms with Crippen LogP contribution in [0, 0.1) is 29.9 Å². The molecule has 4 aliphatic rings. The highest BCUT2D eigenvalue weighted by Gasteiger charge is 2.53. The first kappa shape index (κ1) is 28.8. The summed E-state index contributed by atoms with van der Waals surface area (Å²) in [6, 6.07) is 6.59. The average molecular weight is 634 g/mol. The molecular weight excluding hydrogens is 599 g/mol. The van der Waals surface area contributed by atoms with Crippen LogP contribution in [0.25, 0.3) is 32.1 Å². The standard InChI is InChI=1S/C33H34F3N7OS/c1-17-12-20-27(26(36)24(17)19-4-5-22(34)28-25(19)21(14-37)29(38)45-28)40-31(41-30(20)42-11-8-32(15-42)7-9-39-32)44-16-33-6-3-10-43(33)18(2)23(35)13-33/h4-5,12,18,23,39H,3,6-11,13,15-16,38H2,1-2H3/t18-,23-,32?,33+/m1/s1. The predicted molar refractivity (Wildman–Crippen MR) is 169 cm³/mol. The number of alkyl halides is 1. The molecule has 1 spiro atoms. The van der Waals surface area contributed by atoms with Gasteiger partial charge in [-0.05, 0) is 75.9 Å². The van der Waals surface area contributed by atoms with Crippen molar-refractivity contribution in [1.82, 2.24) is 20.2 Å². The molecule has 12 heteroatoms. The third-order valence-corrected chi connectivity index (χ3v) is 11.8. The minimum atomic E-state index is -0.933. The summed E-state index contributed by atoms with van der Waals surface area (Å²) in [4.78, 5) is 13.9. The SMILES string of the molecule is Cc1cc2c(N3CCC4(CCN4)C3)nc(OC[C@@]34CCCN3[C@H](C)[C@H](F)C4)nc2c(F)c1-c1ccc(F)c2sc(N)c(C#N)c12. The number of hydrogen-bond donors (Lipinski definition) is 2. The number of hydrogen-bond acceptors (Lipinski definition) is 9. The molecule has 0 amide bonds. The Hall–Kier alpha value is -3.66. The second-order valence-electron chi connectivity index (χ2n) is 13.3. The zero-order chi connectivity index (χ0) is 31.2. The van der Waals surface area contributed by atoms with Crippen molar-refractivity contribution < 1.29 is 17.9 Å². The van der Waals surface area contributed by atoms with Gasteiger partial charge < -0.3 is 20.7 Å². The number of halogens is 3. The van der Waals surface area contributed by atoms with Crippen LogP contribution in [0.3, 0.4) is 0 Å². The molecule has 4 aliphatic heterocycles. The number of anilines is 2. The van der Waals surface area contributed by atoms with Gasteiger partial charge in [0.2, 0.25) is 0 Å². The molecule has 2 aromatic heterocycles. The molecule has 0 bridgehead atoms. The Labute approximate surface area is 263 Å². The predicted octanol–water partition coefficient (Wildman–Crippen LogP) is 5.84. The smallest absolute Gasteiger partial charge is 0.319 e. The van der Waals surface area contributed by atoms with Gasteiger partial charge >= 0.3 is 6.01 Å². The highest BCUT2D eigenvalue weighted by molar-refractivity contribution is 7.23. The Morgan fingerprint density at radius 2 is 2.04 bits per heavy atom. The summed E-state index contributed by atoms with van der Waals surface area (Å²) in [5.74, 6) is -0.523. The van der Waals surface area contributed by atoms with E-state index in [0.717, 1.165) is 63.2 Å². The molecule has 234 valence electrons. The number of thiophene rings is 1. The Morgan fingerprint density at radius 3 is 2.78 bits per heavy atom. The summed E-state index contributed by atoms with van der Waals surface area (Å²) in [6.07, 6.45) is 3.26. The van der Waals surface area contributed by atoms with Crippen molar-refractivity contribution in [2.75, 3.05) is 43.4 Å². The van der Waals surface area contributed by atoms with Gasteiger partial charge in [-0.25, -0.2) is 13.2 Å². The van der Waals surface area contributed by atoms with Crippen LogP contribution >= 0.6 is 11.3 Å². The van der Waals surface area contributed by atoms with Crippen LogP contribution in [0.4, 0.5) is 24.0 Å². The molecule has 45 heavy (non-hydrogen) atoms. The van der Waals surface area contributed by atoms with E-state index in [-0.39, 0.29) is 50.5 Å². The average Bonchev–Trinajstić information content (AvgIpc) is 3.76. The third-order valence-electron chi connectivity index (χ3n) is 10.8. The zero-order valence-corrected chi connectivity index (χ0v) is 26.0. The fourth-order valence-electron chi connectivity index (χ4n) is 8.30. The number of ether oxygens (including phenoxy) is 1. The lowest BCUT2D eigenvalue weighted by Crippen LogP contribution is -2.58. The number of nitrogens with two attached hydrogens (primary N) is 1. The van der Waals surface area contributed by atoms with E-state index in [1.807, 2.05) is 13.0 Å². The highest BCUT2D eigenvalue weighted by atomic mass is 32.1. The van der Waals surface area contributed by atoms with Crippen molar-refractivity contribution in [1.29, 1.82) is 5.26 Å². The lowest BCUT2D eigenvalue weighted by molar-refractivity contribution is 0.0879. The minimum absolute atomic E-state index is 0.0254. The van der Waals surface area contributed by atoms with Crippen molar-refractivity contribution >= 4 is 43.1 Å². The molecular formula is C33H34F3N7OS. The van der Waals surface area contributed by atoms with Gasteiger partial charge in [0.15, 0.2) is 5.82 Å². The maximum Gasteiger partial charge on any atom is 0.319 e. The van der Waals surface area contributed by atoms with Gasteiger partial charge in [-0.2, -0.15) is 15.2 Å². The molecule has 4 fully saturated rings. The van der Waals surface area contributed by atoms with Gasteiger partial charge in [0.25, 0.3) is 0 Å². The fraction of sp³-hybridized carbons (Fsp3) is 0.485. The molecule has 0 radical (unpaired) electrons. The molecule has 4 saturated heterocycles. The lowest BCUT2D eigenvalue weighted by Gasteiger charge is -2.39. The van der Waals surface area contributed by atoms with Gasteiger partial charge in [0.05, 0.1) is 15.8 Å². The lowest BCUT2D eigenvalue weighted by atomic mass is 9.87. The van der Waals surface area contributed by atoms with Crippen molar-refractivity contribution in [2.45, 2.75) is 69.2 Å². The van der Waals surface area contributed by atoms with E-state index >= 15 is 4.39 Å². The molecule has 8 nitrogen and oxygen atoms in total. The van der Waals surface area contributed by atoms with E-state index < -0.39 is 23.3 Å². The second kappa shape index (κ2) is 10.2. The Morgan fingerprint density at radius 1 is 1.22 bits per heavy atom. The number of benzene rings is 2. The van der Waals surface area contributed by atoms with Crippen LogP contribution in [0.5, 0.6) is 6.01 Å². The number of fused-ring (bicyclic) bond motifs is 3. The second-order valence-corrected chi connectivity index (χ2v) is 14.3.